The van der Waals surface area contributed by atoms with E-state index in [1.165, 1.54) is 34.8 Å². The van der Waals surface area contributed by atoms with E-state index in [2.05, 4.69) is 46.2 Å². The van der Waals surface area contributed by atoms with E-state index in [0.29, 0.717) is 22.9 Å². The summed E-state index contributed by atoms with van der Waals surface area (Å²) in [5, 5.41) is 18.9. The number of amides is 2. The van der Waals surface area contributed by atoms with Crippen LogP contribution in [0.1, 0.15) is 39.2 Å². The largest absolute Gasteiger partial charge is 0.506 e. The zero-order chi connectivity index (χ0) is 35.5. The molecule has 6 aromatic rings. The average molecular weight is 723 g/mol. The lowest BCUT2D eigenvalue weighted by molar-refractivity contribution is 0.125. The van der Waals surface area contributed by atoms with Gasteiger partial charge in [0.25, 0.3) is 0 Å². The van der Waals surface area contributed by atoms with Gasteiger partial charge in [0, 0.05) is 30.1 Å². The molecular weight excluding hydrogens is 684 g/mol. The molecule has 0 saturated carbocycles. The Kier molecular flexibility index (Phi) is 8.35. The minimum absolute atomic E-state index is 0.166. The molecule has 262 valence electrons. The summed E-state index contributed by atoms with van der Waals surface area (Å²) in [5.41, 5.74) is 5.38. The van der Waals surface area contributed by atoms with E-state index in [0.717, 1.165) is 80.7 Å². The van der Waals surface area contributed by atoms with Crippen molar-refractivity contribution in [3.8, 4) is 22.1 Å². The van der Waals surface area contributed by atoms with Gasteiger partial charge in [-0.25, -0.2) is 19.2 Å². The normalized spacial score (nSPS) is 15.8. The fraction of sp³-hybridized carbons (Fsp3) is 0.308. The number of para-hydroxylation sites is 2. The molecule has 1 spiro atoms. The van der Waals surface area contributed by atoms with Crippen molar-refractivity contribution in [2.45, 2.75) is 39.0 Å². The third-order valence-corrected chi connectivity index (χ3v) is 11.8. The number of piperidine rings is 1. The summed E-state index contributed by atoms with van der Waals surface area (Å²) >= 11 is 2.91. The lowest BCUT2D eigenvalue weighted by atomic mass is 9.72. The number of aromatic nitrogens is 2. The summed E-state index contributed by atoms with van der Waals surface area (Å²) in [6.45, 7) is 10.3. The topological polar surface area (TPSA) is 103 Å². The van der Waals surface area contributed by atoms with Crippen molar-refractivity contribution >= 4 is 71.3 Å². The summed E-state index contributed by atoms with van der Waals surface area (Å²) in [6.07, 6.45) is 1.78. The van der Waals surface area contributed by atoms with Crippen molar-refractivity contribution in [1.82, 2.24) is 14.9 Å². The second-order valence-electron chi connectivity index (χ2n) is 14.6. The van der Waals surface area contributed by atoms with E-state index in [1.54, 1.807) is 19.2 Å². The maximum absolute atomic E-state index is 14.2. The number of likely N-dealkylation sites (tertiary alicyclic amines) is 1. The number of nitrogens with one attached hydrogen (secondary N) is 2. The Labute approximate surface area is 303 Å². The number of benzene rings is 4. The smallest absolute Gasteiger partial charge is 0.325 e. The first-order chi connectivity index (χ1) is 24.5. The molecule has 12 heteroatoms. The number of fused-ring (bicyclic) bond motifs is 4. The quantitative estimate of drug-likeness (QED) is 0.157. The third-order valence-electron chi connectivity index (χ3n) is 9.77. The molecule has 0 unspecified atom stereocenters. The average Bonchev–Trinajstić information content (AvgIpc) is 3.79. The predicted molar refractivity (Wildman–Crippen MR) is 206 cm³/mol. The van der Waals surface area contributed by atoms with E-state index >= 15 is 0 Å². The molecule has 0 bridgehead atoms. The van der Waals surface area contributed by atoms with Crippen molar-refractivity contribution in [3.63, 3.8) is 0 Å². The van der Waals surface area contributed by atoms with Crippen molar-refractivity contribution < 1.29 is 19.0 Å². The van der Waals surface area contributed by atoms with Crippen LogP contribution < -0.4 is 20.3 Å². The van der Waals surface area contributed by atoms with Crippen LogP contribution in [0, 0.1) is 11.2 Å². The number of rotatable bonds is 6. The number of anilines is 4. The van der Waals surface area contributed by atoms with Gasteiger partial charge in [0.1, 0.15) is 22.3 Å². The number of halogens is 1. The molecule has 2 aromatic heterocycles. The molecule has 2 amide bonds. The van der Waals surface area contributed by atoms with Gasteiger partial charge in [-0.2, -0.15) is 0 Å². The SMILES string of the molecule is COc1ccc2nc(NC(=O)Nc3ccccc3N3CC4(CCN(CC(C)(C)C)CC4)c4c(-c5nc6cc(F)ccc6s5)ccc(O)c43)sc2c1. The number of ether oxygens (including phenoxy) is 1. The number of methoxy groups -OCH3 is 1. The zero-order valence-corrected chi connectivity index (χ0v) is 30.6. The molecule has 0 radical (unpaired) electrons. The Morgan fingerprint density at radius 1 is 0.961 bits per heavy atom. The zero-order valence-electron chi connectivity index (χ0n) is 28.9. The van der Waals surface area contributed by atoms with Crippen LogP contribution in [-0.2, 0) is 5.41 Å². The van der Waals surface area contributed by atoms with E-state index in [9.17, 15) is 14.3 Å². The van der Waals surface area contributed by atoms with Gasteiger partial charge < -0.3 is 25.0 Å². The number of hydrogen-bond donors (Lipinski definition) is 3. The number of phenolic OH excluding ortho intramolecular Hbond substituents is 1. The van der Waals surface area contributed by atoms with Crippen molar-refractivity contribution in [1.29, 1.82) is 0 Å². The highest BCUT2D eigenvalue weighted by molar-refractivity contribution is 7.22. The standard InChI is InChI=1S/C39H39FN6O3S2/c1-38(2,3)21-45-17-15-39(16-18-45)22-46(34-30(47)13-11-25(33(34)39)35-41-28-19-23(40)9-14-31(28)50-35)29-8-6-5-7-26(29)42-36(48)44-37-43-27-12-10-24(49-4)20-32(27)51-37/h5-14,19-20,47H,15-18,21-22H2,1-4H3,(H2,42,43,44,48). The number of phenols is 1. The van der Waals surface area contributed by atoms with Crippen LogP contribution in [0.25, 0.3) is 31.0 Å². The van der Waals surface area contributed by atoms with Crippen LogP contribution in [-0.4, -0.2) is 59.3 Å². The molecule has 4 heterocycles. The van der Waals surface area contributed by atoms with E-state index < -0.39 is 6.03 Å². The predicted octanol–water partition coefficient (Wildman–Crippen LogP) is 9.60. The van der Waals surface area contributed by atoms with Crippen LogP contribution in [0.5, 0.6) is 11.5 Å². The summed E-state index contributed by atoms with van der Waals surface area (Å²) in [5.74, 6) is 0.572. The fourth-order valence-electron chi connectivity index (χ4n) is 7.62. The Balaban J connectivity index is 1.17. The van der Waals surface area contributed by atoms with Gasteiger partial charge in [-0.3, -0.25) is 5.32 Å². The molecule has 1 saturated heterocycles. The molecule has 8 rings (SSSR count). The first kappa shape index (κ1) is 33.4. The Morgan fingerprint density at radius 3 is 2.55 bits per heavy atom. The molecule has 4 aromatic carbocycles. The van der Waals surface area contributed by atoms with Gasteiger partial charge in [-0.15, -0.1) is 11.3 Å². The minimum Gasteiger partial charge on any atom is -0.506 e. The van der Waals surface area contributed by atoms with E-state index in [4.69, 9.17) is 9.72 Å². The van der Waals surface area contributed by atoms with Gasteiger partial charge in [0.15, 0.2) is 5.13 Å². The van der Waals surface area contributed by atoms with Crippen LogP contribution in [0.3, 0.4) is 0 Å². The molecule has 1 fully saturated rings. The Bertz CT molecular complexity index is 2290. The molecule has 51 heavy (non-hydrogen) atoms. The highest BCUT2D eigenvalue weighted by Gasteiger charge is 2.49. The monoisotopic (exact) mass is 722 g/mol. The fourth-order valence-corrected chi connectivity index (χ4v) is 9.49. The number of thiazole rings is 2. The second-order valence-corrected chi connectivity index (χ2v) is 16.7. The first-order valence-corrected chi connectivity index (χ1v) is 18.7. The first-order valence-electron chi connectivity index (χ1n) is 17.0. The molecular formula is C39H39FN6O3S2. The summed E-state index contributed by atoms with van der Waals surface area (Å²) in [4.78, 5) is 27.6. The van der Waals surface area contributed by atoms with Crippen LogP contribution in [0.15, 0.2) is 72.8 Å². The highest BCUT2D eigenvalue weighted by atomic mass is 32.1. The number of nitrogens with zero attached hydrogens (tertiary/aromatic N) is 4. The lowest BCUT2D eigenvalue weighted by Crippen LogP contribution is -2.47. The maximum Gasteiger partial charge on any atom is 0.325 e. The molecule has 0 atom stereocenters. The molecule has 9 nitrogen and oxygen atoms in total. The number of urea groups is 1. The molecule has 2 aliphatic rings. The van der Waals surface area contributed by atoms with E-state index in [-0.39, 0.29) is 22.4 Å². The second kappa shape index (κ2) is 12.8. The van der Waals surface area contributed by atoms with Crippen LogP contribution in [0.2, 0.25) is 0 Å². The van der Waals surface area contributed by atoms with Crippen molar-refractivity contribution in [2.24, 2.45) is 5.41 Å². The molecule has 2 aliphatic heterocycles. The molecule has 0 aliphatic carbocycles. The van der Waals surface area contributed by atoms with Gasteiger partial charge in [-0.1, -0.05) is 44.2 Å². The van der Waals surface area contributed by atoms with Crippen LogP contribution >= 0.6 is 22.7 Å². The van der Waals surface area contributed by atoms with Gasteiger partial charge >= 0.3 is 6.03 Å². The van der Waals surface area contributed by atoms with Crippen LogP contribution in [0.4, 0.5) is 31.4 Å². The lowest BCUT2D eigenvalue weighted by Gasteiger charge is -2.42. The minimum atomic E-state index is -0.419. The van der Waals surface area contributed by atoms with E-state index in [1.807, 2.05) is 48.5 Å². The Hall–Kier alpha value is -4.78. The van der Waals surface area contributed by atoms with Crippen molar-refractivity contribution in [3.05, 3.63) is 84.2 Å². The number of aromatic hydroxyl groups is 1. The highest BCUT2D eigenvalue weighted by Crippen LogP contribution is 2.57. The summed E-state index contributed by atoms with van der Waals surface area (Å²) < 4.78 is 21.4. The number of carbonyl (C=O) groups is 1. The maximum atomic E-state index is 14.2. The summed E-state index contributed by atoms with van der Waals surface area (Å²) in [6, 6.07) is 21.3. The van der Waals surface area contributed by atoms with Gasteiger partial charge in [0.2, 0.25) is 0 Å². The van der Waals surface area contributed by atoms with Gasteiger partial charge in [-0.05, 0) is 91.5 Å². The summed E-state index contributed by atoms with van der Waals surface area (Å²) in [7, 11) is 1.62. The number of carbonyl (C=O) groups excluding carboxylic acids is 1. The number of hydrogen-bond acceptors (Lipinski definition) is 9. The Morgan fingerprint density at radius 2 is 1.76 bits per heavy atom. The molecule has 3 N–H and O–H groups in total. The third kappa shape index (κ3) is 6.36. The van der Waals surface area contributed by atoms with Crippen molar-refractivity contribution in [2.75, 3.05) is 48.8 Å². The van der Waals surface area contributed by atoms with Gasteiger partial charge in [0.05, 0.1) is 44.6 Å².